The Morgan fingerprint density at radius 2 is 2.06 bits per heavy atom. The Morgan fingerprint density at radius 3 is 2.78 bits per heavy atom. The van der Waals surface area contributed by atoms with Crippen molar-refractivity contribution in [1.29, 1.82) is 0 Å². The molecule has 0 heterocycles. The summed E-state index contributed by atoms with van der Waals surface area (Å²) < 4.78 is 23.3. The standard InChI is InChI=1S/C13H19ClFNO2/c1-17-9-7-16-6-2-3-8-18-11-4-5-13(15)12(14)10-11/h4-5,10,16H,2-3,6-9H2,1H3. The Hall–Kier alpha value is -0.840. The van der Waals surface area contributed by atoms with Gasteiger partial charge in [0.2, 0.25) is 0 Å². The van der Waals surface area contributed by atoms with Gasteiger partial charge in [0.25, 0.3) is 0 Å². The van der Waals surface area contributed by atoms with Crippen LogP contribution in [0.5, 0.6) is 5.75 Å². The van der Waals surface area contributed by atoms with Crippen molar-refractivity contribution in [1.82, 2.24) is 5.32 Å². The molecule has 0 bridgehead atoms. The molecule has 0 amide bonds. The SMILES string of the molecule is COCCNCCCCOc1ccc(F)c(Cl)c1. The molecule has 1 rings (SSSR count). The third kappa shape index (κ3) is 6.19. The van der Waals surface area contributed by atoms with Crippen LogP contribution in [-0.2, 0) is 4.74 Å². The molecule has 0 radical (unpaired) electrons. The molecule has 0 aliphatic carbocycles. The highest BCUT2D eigenvalue weighted by molar-refractivity contribution is 6.30. The number of hydrogen-bond acceptors (Lipinski definition) is 3. The van der Waals surface area contributed by atoms with Gasteiger partial charge in [-0.25, -0.2) is 4.39 Å². The summed E-state index contributed by atoms with van der Waals surface area (Å²) in [5.74, 6) is 0.181. The van der Waals surface area contributed by atoms with Crippen LogP contribution < -0.4 is 10.1 Å². The molecule has 102 valence electrons. The molecule has 1 N–H and O–H groups in total. The summed E-state index contributed by atoms with van der Waals surface area (Å²) in [6, 6.07) is 4.38. The summed E-state index contributed by atoms with van der Waals surface area (Å²) in [5.41, 5.74) is 0. The Kier molecular flexibility index (Phi) is 7.73. The summed E-state index contributed by atoms with van der Waals surface area (Å²) in [5, 5.41) is 3.34. The van der Waals surface area contributed by atoms with Crippen molar-refractivity contribution in [3.05, 3.63) is 29.0 Å². The largest absolute Gasteiger partial charge is 0.494 e. The number of ether oxygens (including phenoxy) is 2. The number of nitrogens with one attached hydrogen (secondary N) is 1. The molecular formula is C13H19ClFNO2. The molecule has 0 aromatic heterocycles. The van der Waals surface area contributed by atoms with Crippen molar-refractivity contribution in [3.8, 4) is 5.75 Å². The van der Waals surface area contributed by atoms with E-state index in [2.05, 4.69) is 5.32 Å². The second-order valence-corrected chi connectivity index (χ2v) is 4.28. The quantitative estimate of drug-likeness (QED) is 0.703. The first-order valence-electron chi connectivity index (χ1n) is 6.01. The fourth-order valence-corrected chi connectivity index (χ4v) is 1.58. The molecule has 0 spiro atoms. The fourth-order valence-electron chi connectivity index (χ4n) is 1.41. The molecular weight excluding hydrogens is 257 g/mol. The molecule has 0 saturated heterocycles. The highest BCUT2D eigenvalue weighted by Gasteiger charge is 2.01. The first kappa shape index (κ1) is 15.2. The predicted molar refractivity (Wildman–Crippen MR) is 70.9 cm³/mol. The van der Waals surface area contributed by atoms with Gasteiger partial charge >= 0.3 is 0 Å². The lowest BCUT2D eigenvalue weighted by atomic mass is 10.3. The lowest BCUT2D eigenvalue weighted by molar-refractivity contribution is 0.199. The Morgan fingerprint density at radius 1 is 1.22 bits per heavy atom. The minimum absolute atomic E-state index is 0.0914. The van der Waals surface area contributed by atoms with Crippen LogP contribution >= 0.6 is 11.6 Å². The molecule has 0 saturated carbocycles. The number of methoxy groups -OCH3 is 1. The van der Waals surface area contributed by atoms with E-state index in [-0.39, 0.29) is 5.02 Å². The Labute approximate surface area is 112 Å². The zero-order valence-electron chi connectivity index (χ0n) is 10.5. The van der Waals surface area contributed by atoms with Gasteiger partial charge < -0.3 is 14.8 Å². The van der Waals surface area contributed by atoms with Crippen LogP contribution in [-0.4, -0.2) is 33.4 Å². The Bertz CT molecular complexity index is 350. The molecule has 1 aromatic carbocycles. The minimum Gasteiger partial charge on any atom is -0.494 e. The normalized spacial score (nSPS) is 10.6. The van der Waals surface area contributed by atoms with Crippen LogP contribution in [0.4, 0.5) is 4.39 Å². The van der Waals surface area contributed by atoms with Gasteiger partial charge in [0.1, 0.15) is 11.6 Å². The van der Waals surface area contributed by atoms with Crippen molar-refractivity contribution < 1.29 is 13.9 Å². The lowest BCUT2D eigenvalue weighted by Crippen LogP contribution is -2.20. The molecule has 0 aliphatic rings. The van der Waals surface area contributed by atoms with E-state index in [9.17, 15) is 4.39 Å². The Balaban J connectivity index is 2.05. The van der Waals surface area contributed by atoms with Crippen LogP contribution in [0.25, 0.3) is 0 Å². The number of benzene rings is 1. The first-order valence-corrected chi connectivity index (χ1v) is 6.39. The van der Waals surface area contributed by atoms with E-state index < -0.39 is 5.82 Å². The molecule has 1 aromatic rings. The summed E-state index contributed by atoms with van der Waals surface area (Å²) in [7, 11) is 1.68. The highest BCUT2D eigenvalue weighted by Crippen LogP contribution is 2.21. The number of unbranched alkanes of at least 4 members (excludes halogenated alkanes) is 1. The van der Waals surface area contributed by atoms with E-state index in [4.69, 9.17) is 21.1 Å². The fraction of sp³-hybridized carbons (Fsp3) is 0.538. The molecule has 3 nitrogen and oxygen atoms in total. The lowest BCUT2D eigenvalue weighted by Gasteiger charge is -2.07. The molecule has 0 unspecified atom stereocenters. The van der Waals surface area contributed by atoms with E-state index >= 15 is 0 Å². The summed E-state index contributed by atoms with van der Waals surface area (Å²) >= 11 is 5.65. The van der Waals surface area contributed by atoms with Gasteiger partial charge in [0.15, 0.2) is 0 Å². The third-order valence-electron chi connectivity index (χ3n) is 2.39. The van der Waals surface area contributed by atoms with Crippen LogP contribution in [0.1, 0.15) is 12.8 Å². The second kappa shape index (κ2) is 9.14. The van der Waals surface area contributed by atoms with Crippen LogP contribution in [0.2, 0.25) is 5.02 Å². The summed E-state index contributed by atoms with van der Waals surface area (Å²) in [6.07, 6.45) is 1.97. The van der Waals surface area contributed by atoms with E-state index in [0.717, 1.165) is 32.5 Å². The van der Waals surface area contributed by atoms with Crippen molar-refractivity contribution in [3.63, 3.8) is 0 Å². The smallest absolute Gasteiger partial charge is 0.142 e. The molecule has 0 fully saturated rings. The van der Waals surface area contributed by atoms with Gasteiger partial charge in [-0.05, 0) is 31.5 Å². The average molecular weight is 276 g/mol. The first-order chi connectivity index (χ1) is 8.74. The number of hydrogen-bond donors (Lipinski definition) is 1. The van der Waals surface area contributed by atoms with Crippen LogP contribution in [0.3, 0.4) is 0 Å². The van der Waals surface area contributed by atoms with E-state index in [1.807, 2.05) is 0 Å². The maximum atomic E-state index is 12.9. The number of rotatable bonds is 9. The highest BCUT2D eigenvalue weighted by atomic mass is 35.5. The van der Waals surface area contributed by atoms with Gasteiger partial charge in [0.05, 0.1) is 18.2 Å². The maximum absolute atomic E-state index is 12.9. The third-order valence-corrected chi connectivity index (χ3v) is 2.68. The van der Waals surface area contributed by atoms with E-state index in [1.54, 1.807) is 13.2 Å². The predicted octanol–water partition coefficient (Wildman–Crippen LogP) is 2.87. The van der Waals surface area contributed by atoms with E-state index in [1.165, 1.54) is 12.1 Å². The topological polar surface area (TPSA) is 30.5 Å². The van der Waals surface area contributed by atoms with Gasteiger partial charge in [-0.3, -0.25) is 0 Å². The van der Waals surface area contributed by atoms with Gasteiger partial charge in [-0.1, -0.05) is 11.6 Å². The second-order valence-electron chi connectivity index (χ2n) is 3.87. The number of halogens is 2. The van der Waals surface area contributed by atoms with Crippen molar-refractivity contribution in [2.75, 3.05) is 33.4 Å². The summed E-state index contributed by atoms with van der Waals surface area (Å²) in [6.45, 7) is 3.14. The van der Waals surface area contributed by atoms with Gasteiger partial charge in [0, 0.05) is 19.7 Å². The van der Waals surface area contributed by atoms with Crippen molar-refractivity contribution in [2.24, 2.45) is 0 Å². The molecule has 0 atom stereocenters. The van der Waals surface area contributed by atoms with Crippen molar-refractivity contribution in [2.45, 2.75) is 12.8 Å². The minimum atomic E-state index is -0.425. The summed E-state index contributed by atoms with van der Waals surface area (Å²) in [4.78, 5) is 0. The van der Waals surface area contributed by atoms with E-state index in [0.29, 0.717) is 12.4 Å². The maximum Gasteiger partial charge on any atom is 0.142 e. The zero-order valence-corrected chi connectivity index (χ0v) is 11.3. The monoisotopic (exact) mass is 275 g/mol. The van der Waals surface area contributed by atoms with Crippen LogP contribution in [0.15, 0.2) is 18.2 Å². The molecule has 5 heteroatoms. The van der Waals surface area contributed by atoms with Crippen LogP contribution in [0, 0.1) is 5.82 Å². The molecule has 0 aliphatic heterocycles. The van der Waals surface area contributed by atoms with Crippen molar-refractivity contribution >= 4 is 11.6 Å². The van der Waals surface area contributed by atoms with Gasteiger partial charge in [-0.2, -0.15) is 0 Å². The average Bonchev–Trinajstić information content (AvgIpc) is 2.37. The molecule has 18 heavy (non-hydrogen) atoms. The zero-order chi connectivity index (χ0) is 13.2. The van der Waals surface area contributed by atoms with Gasteiger partial charge in [-0.15, -0.1) is 0 Å².